The first-order valence-corrected chi connectivity index (χ1v) is 5.92. The van der Waals surface area contributed by atoms with Crippen LogP contribution in [0.15, 0.2) is 6.20 Å². The summed E-state index contributed by atoms with van der Waals surface area (Å²) in [5.74, 6) is 1.58. The van der Waals surface area contributed by atoms with Crippen LogP contribution < -0.4 is 0 Å². The summed E-state index contributed by atoms with van der Waals surface area (Å²) in [4.78, 5) is 8.61. The summed E-state index contributed by atoms with van der Waals surface area (Å²) < 4.78 is 0. The number of hydrogen-bond donors (Lipinski definition) is 0. The highest BCUT2D eigenvalue weighted by molar-refractivity contribution is 6.31. The molecule has 3 heteroatoms. The molecule has 0 N–H and O–H groups in total. The molecule has 0 bridgehead atoms. The zero-order valence-electron chi connectivity index (χ0n) is 10.5. The summed E-state index contributed by atoms with van der Waals surface area (Å²) in [6.45, 7) is 12.3. The molecular formula is C12H21ClN2. The molecule has 1 rings (SSSR count). The Labute approximate surface area is 98.1 Å². The van der Waals surface area contributed by atoms with E-state index in [1.165, 1.54) is 0 Å². The van der Waals surface area contributed by atoms with Gasteiger partial charge in [-0.1, -0.05) is 53.1 Å². The first kappa shape index (κ1) is 14.4. The van der Waals surface area contributed by atoms with Crippen molar-refractivity contribution in [3.63, 3.8) is 0 Å². The lowest BCUT2D eigenvalue weighted by atomic mass is 10.1. The maximum Gasteiger partial charge on any atom is 0.131 e. The molecule has 0 aliphatic rings. The van der Waals surface area contributed by atoms with E-state index in [1.807, 2.05) is 13.8 Å². The average molecular weight is 229 g/mol. The molecule has 0 aliphatic carbocycles. The van der Waals surface area contributed by atoms with Gasteiger partial charge >= 0.3 is 0 Å². The SMILES string of the molecule is CC.CC(C)c1ncc(Cl)c(C(C)C)n1. The van der Waals surface area contributed by atoms with Gasteiger partial charge in [-0.05, 0) is 5.92 Å². The van der Waals surface area contributed by atoms with Gasteiger partial charge in [0, 0.05) is 12.1 Å². The predicted molar refractivity (Wildman–Crippen MR) is 66.6 cm³/mol. The second-order valence-electron chi connectivity index (χ2n) is 3.77. The molecule has 0 amide bonds. The molecule has 1 aromatic rings. The van der Waals surface area contributed by atoms with Crippen molar-refractivity contribution in [2.75, 3.05) is 0 Å². The highest BCUT2D eigenvalue weighted by Gasteiger charge is 2.10. The molecule has 0 fully saturated rings. The number of hydrogen-bond acceptors (Lipinski definition) is 2. The summed E-state index contributed by atoms with van der Waals surface area (Å²) in [6.07, 6.45) is 1.69. The summed E-state index contributed by atoms with van der Waals surface area (Å²) in [5, 5.41) is 0.666. The normalized spacial score (nSPS) is 10.2. The van der Waals surface area contributed by atoms with E-state index >= 15 is 0 Å². The number of nitrogens with zero attached hydrogens (tertiary/aromatic N) is 2. The number of rotatable bonds is 2. The van der Waals surface area contributed by atoms with Gasteiger partial charge in [0.2, 0.25) is 0 Å². The quantitative estimate of drug-likeness (QED) is 0.750. The van der Waals surface area contributed by atoms with E-state index in [2.05, 4.69) is 37.7 Å². The lowest BCUT2D eigenvalue weighted by Crippen LogP contribution is -2.03. The van der Waals surface area contributed by atoms with Gasteiger partial charge in [-0.25, -0.2) is 9.97 Å². The van der Waals surface area contributed by atoms with Gasteiger partial charge in [0.15, 0.2) is 0 Å². The van der Waals surface area contributed by atoms with Crippen molar-refractivity contribution >= 4 is 11.6 Å². The molecule has 15 heavy (non-hydrogen) atoms. The smallest absolute Gasteiger partial charge is 0.131 e. The van der Waals surface area contributed by atoms with Crippen molar-refractivity contribution in [1.82, 2.24) is 9.97 Å². The minimum Gasteiger partial charge on any atom is -0.240 e. The monoisotopic (exact) mass is 228 g/mol. The van der Waals surface area contributed by atoms with Crippen LogP contribution in [-0.2, 0) is 0 Å². The first-order chi connectivity index (χ1) is 7.02. The van der Waals surface area contributed by atoms with Crippen LogP contribution in [0.25, 0.3) is 0 Å². The Morgan fingerprint density at radius 2 is 1.60 bits per heavy atom. The van der Waals surface area contributed by atoms with Crippen LogP contribution in [-0.4, -0.2) is 9.97 Å². The third-order valence-corrected chi connectivity index (χ3v) is 2.14. The molecule has 0 aliphatic heterocycles. The highest BCUT2D eigenvalue weighted by Crippen LogP contribution is 2.22. The minimum absolute atomic E-state index is 0.355. The van der Waals surface area contributed by atoms with Gasteiger partial charge in [-0.3, -0.25) is 0 Å². The molecule has 2 nitrogen and oxygen atoms in total. The van der Waals surface area contributed by atoms with Crippen molar-refractivity contribution in [2.45, 2.75) is 53.4 Å². The van der Waals surface area contributed by atoms with Crippen molar-refractivity contribution < 1.29 is 0 Å². The first-order valence-electron chi connectivity index (χ1n) is 5.54. The third kappa shape index (κ3) is 4.17. The Morgan fingerprint density at radius 1 is 1.07 bits per heavy atom. The van der Waals surface area contributed by atoms with Gasteiger partial charge in [0.05, 0.1) is 10.7 Å². The molecule has 0 saturated heterocycles. The largest absolute Gasteiger partial charge is 0.240 e. The summed E-state index contributed by atoms with van der Waals surface area (Å²) in [6, 6.07) is 0. The second-order valence-corrected chi connectivity index (χ2v) is 4.18. The third-order valence-electron chi connectivity index (χ3n) is 1.85. The van der Waals surface area contributed by atoms with Crippen molar-refractivity contribution in [3.8, 4) is 0 Å². The zero-order valence-corrected chi connectivity index (χ0v) is 11.3. The minimum atomic E-state index is 0.355. The topological polar surface area (TPSA) is 25.8 Å². The van der Waals surface area contributed by atoms with Crippen molar-refractivity contribution in [2.24, 2.45) is 0 Å². The van der Waals surface area contributed by atoms with Gasteiger partial charge in [0.1, 0.15) is 5.82 Å². The standard InChI is InChI=1S/C10H15ClN2.C2H6/c1-6(2)9-8(11)5-12-10(13-9)7(3)4;1-2/h5-7H,1-4H3;1-2H3. The van der Waals surface area contributed by atoms with Crippen molar-refractivity contribution in [3.05, 3.63) is 22.7 Å². The molecule has 0 atom stereocenters. The van der Waals surface area contributed by atoms with Gasteiger partial charge in [-0.15, -0.1) is 0 Å². The van der Waals surface area contributed by atoms with Crippen LogP contribution >= 0.6 is 11.6 Å². The Hall–Kier alpha value is -0.630. The molecule has 0 unspecified atom stereocenters. The van der Waals surface area contributed by atoms with E-state index < -0.39 is 0 Å². The fourth-order valence-corrected chi connectivity index (χ4v) is 1.39. The fourth-order valence-electron chi connectivity index (χ4n) is 1.08. The van der Waals surface area contributed by atoms with E-state index in [-0.39, 0.29) is 0 Å². The van der Waals surface area contributed by atoms with Gasteiger partial charge < -0.3 is 0 Å². The summed E-state index contributed by atoms with van der Waals surface area (Å²) in [7, 11) is 0. The van der Waals surface area contributed by atoms with E-state index in [0.29, 0.717) is 16.9 Å². The molecule has 0 spiro atoms. The van der Waals surface area contributed by atoms with Crippen LogP contribution in [0.1, 0.15) is 64.9 Å². The van der Waals surface area contributed by atoms with E-state index in [1.54, 1.807) is 6.20 Å². The Kier molecular flexibility index (Phi) is 6.50. The summed E-state index contributed by atoms with van der Waals surface area (Å²) >= 11 is 5.97. The molecule has 1 heterocycles. The maximum absolute atomic E-state index is 5.97. The molecule has 1 aromatic heterocycles. The number of halogens is 1. The molecular weight excluding hydrogens is 208 g/mol. The van der Waals surface area contributed by atoms with Gasteiger partial charge in [0.25, 0.3) is 0 Å². The fraction of sp³-hybridized carbons (Fsp3) is 0.667. The highest BCUT2D eigenvalue weighted by atomic mass is 35.5. The lowest BCUT2D eigenvalue weighted by molar-refractivity contribution is 0.729. The molecule has 0 radical (unpaired) electrons. The van der Waals surface area contributed by atoms with Crippen molar-refractivity contribution in [1.29, 1.82) is 0 Å². The number of aromatic nitrogens is 2. The zero-order chi connectivity index (χ0) is 12.0. The molecule has 86 valence electrons. The van der Waals surface area contributed by atoms with Crippen LogP contribution in [0.5, 0.6) is 0 Å². The summed E-state index contributed by atoms with van der Waals surface area (Å²) in [5.41, 5.74) is 0.945. The molecule has 0 aromatic carbocycles. The van der Waals surface area contributed by atoms with E-state index in [9.17, 15) is 0 Å². The Bertz CT molecular complexity index is 296. The predicted octanol–water partition coefficient (Wildman–Crippen LogP) is 4.40. The average Bonchev–Trinajstić information content (AvgIpc) is 2.20. The van der Waals surface area contributed by atoms with E-state index in [0.717, 1.165) is 11.5 Å². The molecule has 0 saturated carbocycles. The second kappa shape index (κ2) is 6.78. The lowest BCUT2D eigenvalue weighted by Gasteiger charge is -2.10. The van der Waals surface area contributed by atoms with Gasteiger partial charge in [-0.2, -0.15) is 0 Å². The van der Waals surface area contributed by atoms with Crippen LogP contribution in [0.2, 0.25) is 5.02 Å². The van der Waals surface area contributed by atoms with Crippen LogP contribution in [0.4, 0.5) is 0 Å². The van der Waals surface area contributed by atoms with E-state index in [4.69, 9.17) is 11.6 Å². The Balaban J connectivity index is 0.000000921. The maximum atomic E-state index is 5.97. The Morgan fingerprint density at radius 3 is 2.00 bits per heavy atom. The van der Waals surface area contributed by atoms with Crippen LogP contribution in [0, 0.1) is 0 Å². The van der Waals surface area contributed by atoms with Crippen LogP contribution in [0.3, 0.4) is 0 Å².